The van der Waals surface area contributed by atoms with E-state index in [0.717, 1.165) is 27.5 Å². The quantitative estimate of drug-likeness (QED) is 0.320. The first-order valence-electron chi connectivity index (χ1n) is 12.0. The molecule has 6 aromatic rings. The summed E-state index contributed by atoms with van der Waals surface area (Å²) in [4.78, 5) is 0. The predicted octanol–water partition coefficient (Wildman–Crippen LogP) is 5.92. The fraction of sp³-hybridized carbons (Fsp3) is 0.0968. The van der Waals surface area contributed by atoms with Gasteiger partial charge in [0.15, 0.2) is 0 Å². The van der Waals surface area contributed by atoms with E-state index in [1.165, 1.54) is 33.0 Å². The fourth-order valence-corrected chi connectivity index (χ4v) is 6.06. The molecule has 0 radical (unpaired) electrons. The molecule has 7 rings (SSSR count). The highest BCUT2D eigenvalue weighted by Crippen LogP contribution is 2.49. The molecule has 0 bridgehead atoms. The Balaban J connectivity index is 1.59. The molecule has 0 spiro atoms. The van der Waals surface area contributed by atoms with Crippen LogP contribution in [0.4, 0.5) is 0 Å². The van der Waals surface area contributed by atoms with E-state index in [2.05, 4.69) is 97.3 Å². The SMILES string of the molecule is CC1(C)c2ccccc2-c2ccc(-n3c4ccc(B(O)O)cc4c4ccc5ccccc5c43)cc21. The molecule has 5 aromatic carbocycles. The van der Waals surface area contributed by atoms with Crippen LogP contribution in [0.1, 0.15) is 25.0 Å². The Hall–Kier alpha value is -3.86. The molecule has 0 unspecified atom stereocenters. The van der Waals surface area contributed by atoms with Crippen molar-refractivity contribution >= 4 is 45.2 Å². The zero-order chi connectivity index (χ0) is 23.9. The lowest BCUT2D eigenvalue weighted by Gasteiger charge is -2.22. The Morgan fingerprint density at radius 1 is 0.657 bits per heavy atom. The van der Waals surface area contributed by atoms with E-state index in [4.69, 9.17) is 0 Å². The molecule has 0 amide bonds. The first kappa shape index (κ1) is 20.5. The Bertz CT molecular complexity index is 1810. The lowest BCUT2D eigenvalue weighted by atomic mass is 9.80. The summed E-state index contributed by atoms with van der Waals surface area (Å²) in [6, 6.07) is 34.0. The van der Waals surface area contributed by atoms with Crippen LogP contribution in [-0.2, 0) is 5.41 Å². The minimum Gasteiger partial charge on any atom is -0.423 e. The molecule has 1 heterocycles. The molecule has 0 saturated heterocycles. The van der Waals surface area contributed by atoms with Gasteiger partial charge in [-0.15, -0.1) is 0 Å². The number of benzene rings is 5. The van der Waals surface area contributed by atoms with Crippen LogP contribution in [-0.4, -0.2) is 21.7 Å². The molecule has 1 aliphatic rings. The van der Waals surface area contributed by atoms with Crippen molar-refractivity contribution in [1.82, 2.24) is 4.57 Å². The molecule has 35 heavy (non-hydrogen) atoms. The summed E-state index contributed by atoms with van der Waals surface area (Å²) in [5.74, 6) is 0. The van der Waals surface area contributed by atoms with Crippen molar-refractivity contribution in [3.05, 3.63) is 108 Å². The zero-order valence-electron chi connectivity index (χ0n) is 19.7. The van der Waals surface area contributed by atoms with Crippen LogP contribution >= 0.6 is 0 Å². The second-order valence-electron chi connectivity index (χ2n) is 10.1. The van der Waals surface area contributed by atoms with Gasteiger partial charge in [-0.2, -0.15) is 0 Å². The van der Waals surface area contributed by atoms with Crippen molar-refractivity contribution in [2.75, 3.05) is 0 Å². The third kappa shape index (κ3) is 2.75. The van der Waals surface area contributed by atoms with Crippen LogP contribution in [0.25, 0.3) is 49.4 Å². The van der Waals surface area contributed by atoms with Crippen molar-refractivity contribution < 1.29 is 10.0 Å². The maximum atomic E-state index is 9.85. The first-order chi connectivity index (χ1) is 16.9. The van der Waals surface area contributed by atoms with Crippen molar-refractivity contribution in [3.8, 4) is 16.8 Å². The molecule has 0 atom stereocenters. The van der Waals surface area contributed by atoms with E-state index < -0.39 is 7.12 Å². The van der Waals surface area contributed by atoms with Gasteiger partial charge in [-0.25, -0.2) is 0 Å². The minimum atomic E-state index is -1.50. The summed E-state index contributed by atoms with van der Waals surface area (Å²) in [7, 11) is -1.50. The van der Waals surface area contributed by atoms with Crippen LogP contribution < -0.4 is 5.46 Å². The van der Waals surface area contributed by atoms with Gasteiger partial charge in [-0.05, 0) is 51.3 Å². The molecule has 2 N–H and O–H groups in total. The average Bonchev–Trinajstić information content (AvgIpc) is 3.33. The maximum absolute atomic E-state index is 9.85. The number of rotatable bonds is 2. The highest BCUT2D eigenvalue weighted by Gasteiger charge is 2.35. The van der Waals surface area contributed by atoms with Crippen LogP contribution in [0.5, 0.6) is 0 Å². The average molecular weight is 453 g/mol. The van der Waals surface area contributed by atoms with Gasteiger partial charge in [0.05, 0.1) is 11.0 Å². The van der Waals surface area contributed by atoms with E-state index in [1.807, 2.05) is 12.1 Å². The highest BCUT2D eigenvalue weighted by molar-refractivity contribution is 6.59. The standard InChI is InChI=1S/C31H24BNO2/c1-31(2)27-10-6-5-9-23(27)24-15-13-21(18-28(24)31)33-29-16-12-20(32(34)35)17-26(29)25-14-11-19-7-3-4-8-22(19)30(25)33/h3-18,34-35H,1-2H3. The molecule has 1 aliphatic carbocycles. The first-order valence-corrected chi connectivity index (χ1v) is 12.0. The maximum Gasteiger partial charge on any atom is 0.488 e. The summed E-state index contributed by atoms with van der Waals surface area (Å²) in [5, 5.41) is 24.2. The molecule has 4 heteroatoms. The number of aromatic nitrogens is 1. The molecule has 168 valence electrons. The van der Waals surface area contributed by atoms with E-state index >= 15 is 0 Å². The second kappa shape index (κ2) is 7.08. The van der Waals surface area contributed by atoms with Crippen LogP contribution in [0.15, 0.2) is 97.1 Å². The number of hydrogen-bond donors (Lipinski definition) is 2. The Labute approximate surface area is 204 Å². The summed E-state index contributed by atoms with van der Waals surface area (Å²) in [5.41, 5.74) is 9.00. The van der Waals surface area contributed by atoms with Gasteiger partial charge in [0, 0.05) is 27.3 Å². The van der Waals surface area contributed by atoms with Crippen LogP contribution in [0.2, 0.25) is 0 Å². The summed E-state index contributed by atoms with van der Waals surface area (Å²) < 4.78 is 2.33. The Kier molecular flexibility index (Phi) is 4.15. The summed E-state index contributed by atoms with van der Waals surface area (Å²) >= 11 is 0. The van der Waals surface area contributed by atoms with Crippen molar-refractivity contribution in [2.24, 2.45) is 0 Å². The highest BCUT2D eigenvalue weighted by atomic mass is 16.4. The molecule has 0 aliphatic heterocycles. The largest absolute Gasteiger partial charge is 0.488 e. The lowest BCUT2D eigenvalue weighted by Crippen LogP contribution is -2.29. The lowest BCUT2D eigenvalue weighted by molar-refractivity contribution is 0.426. The number of fused-ring (bicyclic) bond motifs is 8. The number of nitrogens with zero attached hydrogens (tertiary/aromatic N) is 1. The molecule has 0 fully saturated rings. The topological polar surface area (TPSA) is 45.4 Å². The Morgan fingerprint density at radius 3 is 2.29 bits per heavy atom. The monoisotopic (exact) mass is 453 g/mol. The van der Waals surface area contributed by atoms with Gasteiger partial charge in [0.25, 0.3) is 0 Å². The van der Waals surface area contributed by atoms with Gasteiger partial charge in [0.2, 0.25) is 0 Å². The zero-order valence-corrected chi connectivity index (χ0v) is 19.7. The van der Waals surface area contributed by atoms with Gasteiger partial charge in [-0.3, -0.25) is 0 Å². The summed E-state index contributed by atoms with van der Waals surface area (Å²) in [6.45, 7) is 4.61. The second-order valence-corrected chi connectivity index (χ2v) is 10.1. The molecule has 0 saturated carbocycles. The third-order valence-corrected chi connectivity index (χ3v) is 7.80. The van der Waals surface area contributed by atoms with Crippen LogP contribution in [0, 0.1) is 0 Å². The smallest absolute Gasteiger partial charge is 0.423 e. The molecular weight excluding hydrogens is 429 g/mol. The normalized spacial score (nSPS) is 13.9. The van der Waals surface area contributed by atoms with E-state index in [0.29, 0.717) is 5.46 Å². The van der Waals surface area contributed by atoms with Crippen molar-refractivity contribution in [3.63, 3.8) is 0 Å². The molecule has 3 nitrogen and oxygen atoms in total. The van der Waals surface area contributed by atoms with Crippen molar-refractivity contribution in [1.29, 1.82) is 0 Å². The van der Waals surface area contributed by atoms with E-state index in [1.54, 1.807) is 6.07 Å². The van der Waals surface area contributed by atoms with Gasteiger partial charge in [-0.1, -0.05) is 92.7 Å². The van der Waals surface area contributed by atoms with Gasteiger partial charge >= 0.3 is 7.12 Å². The number of hydrogen-bond acceptors (Lipinski definition) is 2. The van der Waals surface area contributed by atoms with Gasteiger partial charge < -0.3 is 14.6 Å². The Morgan fingerprint density at radius 2 is 1.43 bits per heavy atom. The third-order valence-electron chi connectivity index (χ3n) is 7.80. The fourth-order valence-electron chi connectivity index (χ4n) is 6.06. The van der Waals surface area contributed by atoms with Crippen molar-refractivity contribution in [2.45, 2.75) is 19.3 Å². The minimum absolute atomic E-state index is 0.0864. The predicted molar refractivity (Wildman–Crippen MR) is 146 cm³/mol. The van der Waals surface area contributed by atoms with Gasteiger partial charge in [0.1, 0.15) is 0 Å². The van der Waals surface area contributed by atoms with Crippen LogP contribution in [0.3, 0.4) is 0 Å². The molecular formula is C31H24BNO2. The summed E-state index contributed by atoms with van der Waals surface area (Å²) in [6.07, 6.45) is 0. The van der Waals surface area contributed by atoms with E-state index in [-0.39, 0.29) is 5.41 Å². The van der Waals surface area contributed by atoms with E-state index in [9.17, 15) is 10.0 Å². The molecule has 1 aromatic heterocycles.